The second-order valence-corrected chi connectivity index (χ2v) is 20.0. The van der Waals surface area contributed by atoms with Crippen LogP contribution in [0, 0.1) is 5.92 Å². The quantitative estimate of drug-likeness (QED) is 0.113. The minimum atomic E-state index is -2.18. The second-order valence-electron chi connectivity index (χ2n) is 20.0. The fraction of sp³-hybridized carbons (Fsp3) is 1.00. The Morgan fingerprint density at radius 2 is 0.513 bits per heavy atom. The average molecular weight is 1120 g/mol. The summed E-state index contributed by atoms with van der Waals surface area (Å²) >= 11 is 0. The first-order valence-electron chi connectivity index (χ1n) is 24.9. The topological polar surface area (TPSA) is 525 Å². The molecule has 1 saturated carbocycles. The summed E-state index contributed by atoms with van der Waals surface area (Å²) in [7, 11) is 0. The van der Waals surface area contributed by atoms with Gasteiger partial charge in [0.1, 0.15) is 146 Å². The summed E-state index contributed by atoms with van der Waals surface area (Å²) in [5, 5.41) is 220. The van der Waals surface area contributed by atoms with Crippen LogP contribution >= 0.6 is 0 Å². The fourth-order valence-electron chi connectivity index (χ4n) is 10.9. The van der Waals surface area contributed by atoms with Crippen molar-refractivity contribution in [3.8, 4) is 0 Å². The predicted molar refractivity (Wildman–Crippen MR) is 230 cm³/mol. The van der Waals surface area contributed by atoms with Gasteiger partial charge in [0.05, 0.1) is 58.0 Å². The molecule has 0 aromatic carbocycles. The Balaban J connectivity index is 1.07. The lowest BCUT2D eigenvalue weighted by atomic mass is 9.80. The lowest BCUT2D eigenvalue weighted by Gasteiger charge is -2.50. The van der Waals surface area contributed by atoms with Crippen molar-refractivity contribution in [2.24, 2.45) is 5.92 Å². The Labute approximate surface area is 430 Å². The van der Waals surface area contributed by atoms with Gasteiger partial charge in [0.25, 0.3) is 0 Å². The van der Waals surface area contributed by atoms with E-state index in [1.165, 1.54) is 0 Å². The zero-order chi connectivity index (χ0) is 55.2. The van der Waals surface area contributed by atoms with Crippen LogP contribution in [0.2, 0.25) is 0 Å². The molecule has 33 heteroatoms. The molecule has 21 fully saturated rings. The summed E-state index contributed by atoms with van der Waals surface area (Å²) in [4.78, 5) is 0. The first kappa shape index (κ1) is 60.8. The molecule has 21 rings (SSSR count). The average Bonchev–Trinajstić information content (AvgIpc) is 3.41. The second kappa shape index (κ2) is 25.9. The van der Waals surface area contributed by atoms with Gasteiger partial charge in [-0.05, 0) is 6.42 Å². The van der Waals surface area contributed by atoms with E-state index in [4.69, 9.17) is 61.6 Å². The van der Waals surface area contributed by atoms with Crippen molar-refractivity contribution in [3.63, 3.8) is 0 Å². The third-order valence-corrected chi connectivity index (χ3v) is 15.2. The normalized spacial score (nSPS) is 54.9. The standard InChI is InChI=1S/C43H72O33/c44-3-10-1-12-20(52)21(53)32(10)72-39-29(61)24(56)36(16(7-48)68-39)75-42-31(63)26(58)38(18(9-50)70-42)76-43-30(62)25(57)37(17(8-49)69-43)74-41-28(60)23(55)35(15(6-47)67-41)71-19-2-11(51)33(13(4-45)64-19)73-40-27(59)22(54)34(65-12)14(5-46)66-40/h10-63H,1-9H2. The molecule has 0 amide bonds. The van der Waals surface area contributed by atoms with E-state index in [9.17, 15) is 102 Å². The van der Waals surface area contributed by atoms with E-state index in [-0.39, 0.29) is 0 Å². The van der Waals surface area contributed by atoms with Gasteiger partial charge in [-0.1, -0.05) is 0 Å². The van der Waals surface area contributed by atoms with E-state index in [0.717, 1.165) is 0 Å². The smallest absolute Gasteiger partial charge is 0.187 e. The summed E-state index contributed by atoms with van der Waals surface area (Å²) < 4.78 is 75.0. The van der Waals surface area contributed by atoms with Gasteiger partial charge in [0.2, 0.25) is 0 Å². The minimum absolute atomic E-state index is 0.397. The Kier molecular flexibility index (Phi) is 20.7. The minimum Gasteiger partial charge on any atom is -0.396 e. The molecule has 14 bridgehead atoms. The highest BCUT2D eigenvalue weighted by atomic mass is 16.8. The zero-order valence-electron chi connectivity index (χ0n) is 40.2. The summed E-state index contributed by atoms with van der Waals surface area (Å²) in [6.45, 7) is -6.64. The van der Waals surface area contributed by atoms with Crippen molar-refractivity contribution in [2.45, 2.75) is 215 Å². The highest BCUT2D eigenvalue weighted by molar-refractivity contribution is 5.02. The van der Waals surface area contributed by atoms with Crippen LogP contribution < -0.4 is 0 Å². The molecule has 34 atom stereocenters. The van der Waals surface area contributed by atoms with Gasteiger partial charge in [-0.15, -0.1) is 0 Å². The maximum absolute atomic E-state index is 11.4. The number of ether oxygens (including phenoxy) is 13. The Morgan fingerprint density at radius 3 is 0.842 bits per heavy atom. The van der Waals surface area contributed by atoms with Crippen LogP contribution in [0.15, 0.2) is 0 Å². The van der Waals surface area contributed by atoms with Crippen LogP contribution in [0.25, 0.3) is 0 Å². The molecule has 33 nitrogen and oxygen atoms in total. The molecule has 0 spiro atoms. The van der Waals surface area contributed by atoms with Crippen molar-refractivity contribution >= 4 is 0 Å². The van der Waals surface area contributed by atoms with Crippen LogP contribution in [-0.4, -0.2) is 351 Å². The first-order valence-corrected chi connectivity index (χ1v) is 24.9. The van der Waals surface area contributed by atoms with Crippen molar-refractivity contribution in [1.82, 2.24) is 0 Å². The molecule has 1 aliphatic carbocycles. The van der Waals surface area contributed by atoms with E-state index in [0.29, 0.717) is 0 Å². The summed E-state index contributed by atoms with van der Waals surface area (Å²) in [5.74, 6) is -1.20. The van der Waals surface area contributed by atoms with Crippen LogP contribution in [0.3, 0.4) is 0 Å². The number of aliphatic hydroxyl groups excluding tert-OH is 20. The molecule has 76 heavy (non-hydrogen) atoms. The molecule has 20 aliphatic heterocycles. The zero-order valence-corrected chi connectivity index (χ0v) is 40.2. The van der Waals surface area contributed by atoms with Gasteiger partial charge in [0.15, 0.2) is 37.7 Å². The number of hydrogen-bond acceptors (Lipinski definition) is 33. The van der Waals surface area contributed by atoms with Crippen molar-refractivity contribution < 1.29 is 164 Å². The number of hydrogen-bond donors (Lipinski definition) is 20. The van der Waals surface area contributed by atoms with E-state index >= 15 is 0 Å². The monoisotopic (exact) mass is 1120 g/mol. The Bertz CT molecular complexity index is 1790. The van der Waals surface area contributed by atoms with Gasteiger partial charge in [-0.2, -0.15) is 0 Å². The molecule has 0 aromatic rings. The van der Waals surface area contributed by atoms with E-state index in [2.05, 4.69) is 0 Å². The van der Waals surface area contributed by atoms with Crippen LogP contribution in [-0.2, 0) is 61.6 Å². The summed E-state index contributed by atoms with van der Waals surface area (Å²) in [5.41, 5.74) is 0. The van der Waals surface area contributed by atoms with Gasteiger partial charge in [0, 0.05) is 18.9 Å². The van der Waals surface area contributed by atoms with Crippen LogP contribution in [0.4, 0.5) is 0 Å². The third-order valence-electron chi connectivity index (χ3n) is 15.2. The maximum Gasteiger partial charge on any atom is 0.187 e. The van der Waals surface area contributed by atoms with E-state index < -0.39 is 268 Å². The lowest BCUT2D eigenvalue weighted by molar-refractivity contribution is -0.393. The third kappa shape index (κ3) is 12.0. The van der Waals surface area contributed by atoms with Gasteiger partial charge in [-0.25, -0.2) is 0 Å². The SMILES string of the molecule is OCC1CC2OC3C(CO)OC(OC4C(O)CC(OC4CO)OC4C(CO)OC(OC5C(CO)OC(OC6C(CO)OC(OC7C(CO)OC(OC1C(O)C2O)C(O)C7O)C(O)C6O)C(O)C5O)C(O)C4O)C(O)C3O. The van der Waals surface area contributed by atoms with Gasteiger partial charge >= 0.3 is 0 Å². The largest absolute Gasteiger partial charge is 0.396 e. The molecular weight excluding hydrogens is 1040 g/mol. The molecule has 21 aliphatic rings. The van der Waals surface area contributed by atoms with E-state index in [1.54, 1.807) is 0 Å². The Morgan fingerprint density at radius 1 is 0.237 bits per heavy atom. The van der Waals surface area contributed by atoms with E-state index in [1.807, 2.05) is 0 Å². The van der Waals surface area contributed by atoms with Crippen LogP contribution in [0.1, 0.15) is 12.8 Å². The Hall–Kier alpha value is -1.32. The van der Waals surface area contributed by atoms with Crippen molar-refractivity contribution in [3.05, 3.63) is 0 Å². The van der Waals surface area contributed by atoms with Crippen LogP contribution in [0.5, 0.6) is 0 Å². The van der Waals surface area contributed by atoms with Crippen molar-refractivity contribution in [2.75, 3.05) is 46.2 Å². The lowest BCUT2D eigenvalue weighted by Crippen LogP contribution is -2.68. The summed E-state index contributed by atoms with van der Waals surface area (Å²) in [6, 6.07) is 0. The molecule has 20 N–H and O–H groups in total. The highest BCUT2D eigenvalue weighted by Gasteiger charge is 2.58. The summed E-state index contributed by atoms with van der Waals surface area (Å²) in [6.07, 6.45) is -62.5. The molecule has 34 unspecified atom stereocenters. The molecule has 20 heterocycles. The molecule has 0 radical (unpaired) electrons. The molecule has 442 valence electrons. The molecule has 20 saturated heterocycles. The van der Waals surface area contributed by atoms with Crippen molar-refractivity contribution in [1.29, 1.82) is 0 Å². The number of rotatable bonds is 7. The number of aliphatic hydroxyl groups is 20. The maximum atomic E-state index is 11.4. The van der Waals surface area contributed by atoms with Gasteiger partial charge < -0.3 is 164 Å². The molecular formula is C43H72O33. The fourth-order valence-corrected chi connectivity index (χ4v) is 10.9. The predicted octanol–water partition coefficient (Wildman–Crippen LogP) is -13.5. The first-order chi connectivity index (χ1) is 36.2. The van der Waals surface area contributed by atoms with Gasteiger partial charge in [-0.3, -0.25) is 0 Å². The highest BCUT2D eigenvalue weighted by Crippen LogP contribution is 2.40. The molecule has 0 aromatic heterocycles.